The summed E-state index contributed by atoms with van der Waals surface area (Å²) < 4.78 is 10.9. The molecule has 0 bridgehead atoms. The van der Waals surface area contributed by atoms with Gasteiger partial charge >= 0.3 is 0 Å². The smallest absolute Gasteiger partial charge is 0.254 e. The topological polar surface area (TPSA) is 38.8 Å². The van der Waals surface area contributed by atoms with Gasteiger partial charge in [0.2, 0.25) is 0 Å². The zero-order valence-corrected chi connectivity index (χ0v) is 16.6. The molecule has 0 atom stereocenters. The molecule has 0 N–H and O–H groups in total. The Labute approximate surface area is 166 Å². The Morgan fingerprint density at radius 3 is 2.46 bits per heavy atom. The van der Waals surface area contributed by atoms with Crippen molar-refractivity contribution in [2.24, 2.45) is 0 Å². The van der Waals surface area contributed by atoms with Crippen LogP contribution in [-0.2, 0) is 13.0 Å². The fourth-order valence-electron chi connectivity index (χ4n) is 3.38. The summed E-state index contributed by atoms with van der Waals surface area (Å²) in [7, 11) is 4.97. The molecule has 0 aromatic heterocycles. The molecular weight excluding hydrogens is 350 g/mol. The van der Waals surface area contributed by atoms with Crippen LogP contribution < -0.4 is 9.47 Å². The van der Waals surface area contributed by atoms with Gasteiger partial charge in [-0.15, -0.1) is 6.58 Å². The molecule has 4 nitrogen and oxygen atoms in total. The molecule has 3 rings (SSSR count). The predicted octanol–water partition coefficient (Wildman–Crippen LogP) is 4.86. The van der Waals surface area contributed by atoms with Gasteiger partial charge in [0.1, 0.15) is 0 Å². The number of hydrogen-bond acceptors (Lipinski definition) is 3. The second kappa shape index (κ2) is 8.61. The van der Waals surface area contributed by atoms with Crippen molar-refractivity contribution in [3.63, 3.8) is 0 Å². The van der Waals surface area contributed by atoms with Gasteiger partial charge in [-0.1, -0.05) is 42.5 Å². The molecule has 0 spiro atoms. The lowest BCUT2D eigenvalue weighted by atomic mass is 10.0. The molecule has 0 saturated carbocycles. The standard InChI is InChI=1S/C24H25NO3/c1-5-8-20-14-21(15-22(27-3)23(20)28-4)24(26)25(2)16-17-11-12-18-9-6-7-10-19(18)13-17/h5-7,9-15H,1,8,16H2,2-4H3. The van der Waals surface area contributed by atoms with E-state index in [1.165, 1.54) is 10.8 Å². The van der Waals surface area contributed by atoms with Crippen molar-refractivity contribution in [3.05, 3.63) is 83.9 Å². The number of amides is 1. The van der Waals surface area contributed by atoms with Crippen molar-refractivity contribution in [2.45, 2.75) is 13.0 Å². The van der Waals surface area contributed by atoms with Gasteiger partial charge in [0.25, 0.3) is 5.91 Å². The number of carbonyl (C=O) groups is 1. The SMILES string of the molecule is C=CCc1cc(C(=O)N(C)Cc2ccc3ccccc3c2)cc(OC)c1OC. The summed E-state index contributed by atoms with van der Waals surface area (Å²) in [6.07, 6.45) is 2.37. The number of methoxy groups -OCH3 is 2. The van der Waals surface area contributed by atoms with E-state index in [1.54, 1.807) is 38.3 Å². The largest absolute Gasteiger partial charge is 0.493 e. The van der Waals surface area contributed by atoms with Gasteiger partial charge in [0.05, 0.1) is 14.2 Å². The van der Waals surface area contributed by atoms with E-state index in [9.17, 15) is 4.79 Å². The predicted molar refractivity (Wildman–Crippen MR) is 113 cm³/mol. The van der Waals surface area contributed by atoms with Crippen LogP contribution in [0.2, 0.25) is 0 Å². The summed E-state index contributed by atoms with van der Waals surface area (Å²) in [5.41, 5.74) is 2.53. The monoisotopic (exact) mass is 375 g/mol. The molecular formula is C24H25NO3. The number of allylic oxidation sites excluding steroid dienone is 1. The van der Waals surface area contributed by atoms with Crippen molar-refractivity contribution in [1.29, 1.82) is 0 Å². The van der Waals surface area contributed by atoms with Gasteiger partial charge in [-0.3, -0.25) is 4.79 Å². The minimum Gasteiger partial charge on any atom is -0.493 e. The summed E-state index contributed by atoms with van der Waals surface area (Å²) in [5, 5.41) is 2.36. The normalized spacial score (nSPS) is 10.5. The molecule has 0 saturated heterocycles. The van der Waals surface area contributed by atoms with Crippen molar-refractivity contribution in [1.82, 2.24) is 4.90 Å². The van der Waals surface area contributed by atoms with E-state index < -0.39 is 0 Å². The third kappa shape index (κ3) is 4.01. The van der Waals surface area contributed by atoms with Crippen molar-refractivity contribution in [2.75, 3.05) is 21.3 Å². The third-order valence-corrected chi connectivity index (χ3v) is 4.75. The number of benzene rings is 3. The Kier molecular flexibility index (Phi) is 5.99. The summed E-state index contributed by atoms with van der Waals surface area (Å²) >= 11 is 0. The van der Waals surface area contributed by atoms with E-state index in [0.29, 0.717) is 30.0 Å². The highest BCUT2D eigenvalue weighted by molar-refractivity contribution is 5.95. The average molecular weight is 375 g/mol. The van der Waals surface area contributed by atoms with Crippen molar-refractivity contribution in [3.8, 4) is 11.5 Å². The first-order valence-corrected chi connectivity index (χ1v) is 9.16. The molecule has 0 aliphatic rings. The lowest BCUT2D eigenvalue weighted by Crippen LogP contribution is -2.26. The Morgan fingerprint density at radius 2 is 1.79 bits per heavy atom. The Balaban J connectivity index is 1.87. The fraction of sp³-hybridized carbons (Fsp3) is 0.208. The van der Waals surface area contributed by atoms with Gasteiger partial charge in [-0.2, -0.15) is 0 Å². The number of nitrogens with zero attached hydrogens (tertiary/aromatic N) is 1. The van der Waals surface area contributed by atoms with Crippen molar-refractivity contribution < 1.29 is 14.3 Å². The van der Waals surface area contributed by atoms with E-state index in [4.69, 9.17) is 9.47 Å². The molecule has 28 heavy (non-hydrogen) atoms. The lowest BCUT2D eigenvalue weighted by Gasteiger charge is -2.20. The number of rotatable bonds is 7. The van der Waals surface area contributed by atoms with E-state index in [-0.39, 0.29) is 5.91 Å². The van der Waals surface area contributed by atoms with E-state index in [2.05, 4.69) is 36.9 Å². The molecule has 3 aromatic carbocycles. The van der Waals surface area contributed by atoms with E-state index >= 15 is 0 Å². The van der Waals surface area contributed by atoms with E-state index in [1.807, 2.05) is 18.2 Å². The summed E-state index contributed by atoms with van der Waals surface area (Å²) in [5.74, 6) is 1.11. The Morgan fingerprint density at radius 1 is 1.04 bits per heavy atom. The van der Waals surface area contributed by atoms with Crippen LogP contribution in [-0.4, -0.2) is 32.1 Å². The second-order valence-electron chi connectivity index (χ2n) is 6.71. The Hall–Kier alpha value is -3.27. The zero-order chi connectivity index (χ0) is 20.1. The van der Waals surface area contributed by atoms with Crippen molar-refractivity contribution >= 4 is 16.7 Å². The van der Waals surface area contributed by atoms with E-state index in [0.717, 1.165) is 11.1 Å². The van der Waals surface area contributed by atoms with Crippen LogP contribution >= 0.6 is 0 Å². The minimum atomic E-state index is -0.0700. The maximum Gasteiger partial charge on any atom is 0.254 e. The Bertz CT molecular complexity index is 1010. The highest BCUT2D eigenvalue weighted by Crippen LogP contribution is 2.33. The van der Waals surface area contributed by atoms with Gasteiger partial charge in [-0.25, -0.2) is 0 Å². The molecule has 0 aliphatic heterocycles. The number of hydrogen-bond donors (Lipinski definition) is 0. The van der Waals surface area contributed by atoms with Gasteiger partial charge in [-0.05, 0) is 41.0 Å². The van der Waals surface area contributed by atoms with Crippen LogP contribution in [0, 0.1) is 0 Å². The number of ether oxygens (including phenoxy) is 2. The molecule has 144 valence electrons. The molecule has 0 unspecified atom stereocenters. The minimum absolute atomic E-state index is 0.0700. The average Bonchev–Trinajstić information content (AvgIpc) is 2.72. The maximum absolute atomic E-state index is 13.0. The first-order chi connectivity index (χ1) is 13.6. The summed E-state index contributed by atoms with van der Waals surface area (Å²) in [6, 6.07) is 18.0. The van der Waals surface area contributed by atoms with Gasteiger partial charge in [0, 0.05) is 24.7 Å². The van der Waals surface area contributed by atoms with Gasteiger partial charge in [0.15, 0.2) is 11.5 Å². The zero-order valence-electron chi connectivity index (χ0n) is 16.6. The third-order valence-electron chi connectivity index (χ3n) is 4.75. The highest BCUT2D eigenvalue weighted by atomic mass is 16.5. The lowest BCUT2D eigenvalue weighted by molar-refractivity contribution is 0.0784. The molecule has 0 radical (unpaired) electrons. The van der Waals surface area contributed by atoms with Crippen LogP contribution in [0.4, 0.5) is 0 Å². The second-order valence-corrected chi connectivity index (χ2v) is 6.71. The van der Waals surface area contributed by atoms with Crippen LogP contribution in [0.5, 0.6) is 11.5 Å². The van der Waals surface area contributed by atoms with Crippen LogP contribution in [0.25, 0.3) is 10.8 Å². The van der Waals surface area contributed by atoms with Gasteiger partial charge < -0.3 is 14.4 Å². The van der Waals surface area contributed by atoms with Crippen LogP contribution in [0.15, 0.2) is 67.3 Å². The quantitative estimate of drug-likeness (QED) is 0.554. The first kappa shape index (κ1) is 19.5. The summed E-state index contributed by atoms with van der Waals surface area (Å²) in [6.45, 7) is 4.31. The molecule has 0 heterocycles. The number of carbonyl (C=O) groups excluding carboxylic acids is 1. The molecule has 1 amide bonds. The first-order valence-electron chi connectivity index (χ1n) is 9.16. The maximum atomic E-state index is 13.0. The fourth-order valence-corrected chi connectivity index (χ4v) is 3.38. The van der Waals surface area contributed by atoms with Crippen LogP contribution in [0.3, 0.4) is 0 Å². The molecule has 0 aliphatic carbocycles. The highest BCUT2D eigenvalue weighted by Gasteiger charge is 2.18. The molecule has 4 heteroatoms. The number of fused-ring (bicyclic) bond motifs is 1. The van der Waals surface area contributed by atoms with Crippen LogP contribution in [0.1, 0.15) is 21.5 Å². The summed E-state index contributed by atoms with van der Waals surface area (Å²) in [4.78, 5) is 14.8. The molecule has 3 aromatic rings. The molecule has 0 fully saturated rings.